The van der Waals surface area contributed by atoms with Gasteiger partial charge < -0.3 is 0 Å². The molecule has 0 fully saturated rings. The van der Waals surface area contributed by atoms with Crippen LogP contribution in [-0.2, 0) is 26.4 Å². The van der Waals surface area contributed by atoms with E-state index in [4.69, 9.17) is 9.30 Å². The Labute approximate surface area is 110 Å². The monoisotopic (exact) mass is 268 g/mol. The van der Waals surface area contributed by atoms with Crippen LogP contribution in [0, 0.1) is 13.3 Å². The van der Waals surface area contributed by atoms with Crippen molar-refractivity contribution in [1.29, 1.82) is 0 Å². The summed E-state index contributed by atoms with van der Waals surface area (Å²) in [6, 6.07) is 11.6. The molecule has 0 aliphatic carbocycles. The van der Waals surface area contributed by atoms with Crippen LogP contribution in [0.25, 0.3) is 11.4 Å². The summed E-state index contributed by atoms with van der Waals surface area (Å²) in [6.07, 6.45) is 3.54. The van der Waals surface area contributed by atoms with E-state index in [-0.39, 0.29) is 17.1 Å². The molecule has 0 aromatic carbocycles. The smallest absolute Gasteiger partial charge is 0.255 e. The van der Waals surface area contributed by atoms with Crippen molar-refractivity contribution in [3.05, 3.63) is 62.1 Å². The predicted molar refractivity (Wildman–Crippen MR) is 55.3 cm³/mol. The van der Waals surface area contributed by atoms with E-state index in [1.807, 2.05) is 36.4 Å². The third-order valence-electron chi connectivity index (χ3n) is 1.59. The fourth-order valence-corrected chi connectivity index (χ4v) is 1.03. The van der Waals surface area contributed by atoms with Crippen LogP contribution in [0.2, 0.25) is 0 Å². The largest absolute Gasteiger partial charge is 4.00 e. The fourth-order valence-electron chi connectivity index (χ4n) is 1.03. The number of nitrogens with zero attached hydrogens (tertiary/aromatic N) is 2. The molecular formula is C12H8FeN2O2+4. The molecular weight excluding hydrogens is 260 g/mol. The van der Waals surface area contributed by atoms with E-state index >= 15 is 0 Å². The van der Waals surface area contributed by atoms with Gasteiger partial charge in [0.1, 0.15) is 0 Å². The topological polar surface area (TPSA) is 65.6 Å². The van der Waals surface area contributed by atoms with Gasteiger partial charge in [0.15, 0.2) is 0 Å². The molecule has 5 heteroatoms. The molecule has 0 saturated carbocycles. The molecule has 2 aromatic heterocycles. The van der Waals surface area contributed by atoms with Gasteiger partial charge in [-0.1, -0.05) is 12.1 Å². The summed E-state index contributed by atoms with van der Waals surface area (Å²) < 4.78 is 15.0. The van der Waals surface area contributed by atoms with Gasteiger partial charge in [-0.2, -0.15) is 0 Å². The second kappa shape index (κ2) is 12.4. The maximum absolute atomic E-state index is 7.50. The summed E-state index contributed by atoms with van der Waals surface area (Å²) >= 11 is 0. The van der Waals surface area contributed by atoms with Crippen molar-refractivity contribution >= 4 is 0 Å². The molecule has 2 rings (SSSR count). The molecule has 82 valence electrons. The normalized spacial score (nSPS) is 7.06. The minimum Gasteiger partial charge on any atom is -0.255 e. The standard InChI is InChI=1S/C10H8N2.2CO.Fe/c1-3-7-11-9(5-1)10-6-2-4-8-12-10;2*1-2;/h1-8H;;;/q;;;+4. The van der Waals surface area contributed by atoms with Crippen molar-refractivity contribution in [2.45, 2.75) is 0 Å². The van der Waals surface area contributed by atoms with Gasteiger partial charge in [0.25, 0.3) is 0 Å². The van der Waals surface area contributed by atoms with E-state index < -0.39 is 0 Å². The van der Waals surface area contributed by atoms with Gasteiger partial charge in [-0.05, 0) is 24.3 Å². The molecule has 2 heterocycles. The van der Waals surface area contributed by atoms with Crippen molar-refractivity contribution in [2.75, 3.05) is 0 Å². The molecule has 4 nitrogen and oxygen atoms in total. The van der Waals surface area contributed by atoms with Crippen LogP contribution in [0.1, 0.15) is 0 Å². The van der Waals surface area contributed by atoms with Crippen molar-refractivity contribution in [1.82, 2.24) is 9.97 Å². The molecule has 0 unspecified atom stereocenters. The van der Waals surface area contributed by atoms with Gasteiger partial charge >= 0.3 is 39.7 Å². The molecule has 0 aliphatic heterocycles. The van der Waals surface area contributed by atoms with Crippen LogP contribution in [0.15, 0.2) is 48.8 Å². The number of rotatable bonds is 1. The van der Waals surface area contributed by atoms with E-state index in [1.165, 1.54) is 0 Å². The summed E-state index contributed by atoms with van der Waals surface area (Å²) in [7, 11) is 0. The zero-order chi connectivity index (χ0) is 12.2. The summed E-state index contributed by atoms with van der Waals surface area (Å²) in [6.45, 7) is 9.00. The molecule has 0 bridgehead atoms. The van der Waals surface area contributed by atoms with E-state index in [1.54, 1.807) is 12.4 Å². The number of hydrogen-bond acceptors (Lipinski definition) is 2. The molecule has 0 amide bonds. The van der Waals surface area contributed by atoms with Gasteiger partial charge in [0.2, 0.25) is 0 Å². The molecule has 17 heavy (non-hydrogen) atoms. The quantitative estimate of drug-likeness (QED) is 0.451. The first kappa shape index (κ1) is 17.7. The molecule has 2 aromatic rings. The first-order valence-electron chi connectivity index (χ1n) is 4.20. The summed E-state index contributed by atoms with van der Waals surface area (Å²) in [5.41, 5.74) is 1.83. The second-order valence-electron chi connectivity index (χ2n) is 2.43. The van der Waals surface area contributed by atoms with Crippen LogP contribution >= 0.6 is 0 Å². The Bertz CT molecular complexity index is 386. The molecule has 0 aliphatic rings. The van der Waals surface area contributed by atoms with Crippen LogP contribution < -0.4 is 0 Å². The SMILES string of the molecule is [C-]#[O+].[C-]#[O+].[Fe+4].c1ccc(-c2ccccn2)nc1. The third kappa shape index (κ3) is 6.46. The van der Waals surface area contributed by atoms with Crippen molar-refractivity contribution < 1.29 is 26.4 Å². The second-order valence-corrected chi connectivity index (χ2v) is 2.43. The van der Waals surface area contributed by atoms with Gasteiger partial charge in [-0.25, -0.2) is 0 Å². The summed E-state index contributed by atoms with van der Waals surface area (Å²) in [5.74, 6) is 0. The van der Waals surface area contributed by atoms with Crippen LogP contribution in [-0.4, -0.2) is 9.97 Å². The van der Waals surface area contributed by atoms with Crippen molar-refractivity contribution in [3.8, 4) is 11.4 Å². The maximum atomic E-state index is 7.50. The Balaban J connectivity index is 0. The first-order chi connectivity index (χ1) is 7.97. The maximum Gasteiger partial charge on any atom is 4.00 e. The zero-order valence-corrected chi connectivity index (χ0v) is 9.79. The van der Waals surface area contributed by atoms with Crippen molar-refractivity contribution in [2.24, 2.45) is 0 Å². The molecule has 0 N–H and O–H groups in total. The molecule has 0 saturated heterocycles. The van der Waals surface area contributed by atoms with Crippen molar-refractivity contribution in [3.63, 3.8) is 0 Å². The molecule has 0 spiro atoms. The van der Waals surface area contributed by atoms with Crippen LogP contribution in [0.5, 0.6) is 0 Å². The molecule has 0 radical (unpaired) electrons. The Hall–Kier alpha value is -1.70. The van der Waals surface area contributed by atoms with Crippen LogP contribution in [0.3, 0.4) is 0 Å². The van der Waals surface area contributed by atoms with Gasteiger partial charge in [0.05, 0.1) is 11.4 Å². The zero-order valence-electron chi connectivity index (χ0n) is 8.68. The first-order valence-corrected chi connectivity index (χ1v) is 4.20. The molecule has 0 atom stereocenters. The Morgan fingerprint density at radius 1 is 0.706 bits per heavy atom. The number of aromatic nitrogens is 2. The summed E-state index contributed by atoms with van der Waals surface area (Å²) in [5, 5.41) is 0. The van der Waals surface area contributed by atoms with Gasteiger partial charge in [-0.15, -0.1) is 0 Å². The average Bonchev–Trinajstić information content (AvgIpc) is 2.45. The Morgan fingerprint density at radius 3 is 1.29 bits per heavy atom. The van der Waals surface area contributed by atoms with Crippen LogP contribution in [0.4, 0.5) is 0 Å². The van der Waals surface area contributed by atoms with E-state index in [2.05, 4.69) is 23.3 Å². The van der Waals surface area contributed by atoms with E-state index in [9.17, 15) is 0 Å². The number of pyridine rings is 2. The Morgan fingerprint density at radius 2 is 1.06 bits per heavy atom. The number of hydrogen-bond donors (Lipinski definition) is 0. The average molecular weight is 268 g/mol. The summed E-state index contributed by atoms with van der Waals surface area (Å²) in [4.78, 5) is 8.37. The minimum absolute atomic E-state index is 0. The Kier molecular flexibility index (Phi) is 12.9. The van der Waals surface area contributed by atoms with Gasteiger partial charge in [-0.3, -0.25) is 9.97 Å². The fraction of sp³-hybridized carbons (Fsp3) is 0. The van der Waals surface area contributed by atoms with Gasteiger partial charge in [0, 0.05) is 12.4 Å². The van der Waals surface area contributed by atoms with E-state index in [0.717, 1.165) is 11.4 Å². The minimum atomic E-state index is 0. The predicted octanol–water partition coefficient (Wildman–Crippen LogP) is 2.07. The third-order valence-corrected chi connectivity index (χ3v) is 1.59. The van der Waals surface area contributed by atoms with E-state index in [0.29, 0.717) is 0 Å².